The Kier molecular flexibility index (Phi) is 8.05. The fourth-order valence-corrected chi connectivity index (χ4v) is 4.27. The Morgan fingerprint density at radius 1 is 1.15 bits per heavy atom. The largest absolute Gasteiger partial charge is 0.491 e. The second kappa shape index (κ2) is 10.8. The number of thioether (sulfide) groups is 1. The maximum absolute atomic E-state index is 12.9. The predicted octanol–water partition coefficient (Wildman–Crippen LogP) is 4.75. The molecule has 0 bridgehead atoms. The number of hydrogen-bond acceptors (Lipinski definition) is 6. The molecule has 1 aliphatic rings. The molecular weight excluding hydrogens is 464 g/mol. The summed E-state index contributed by atoms with van der Waals surface area (Å²) >= 11 is 6.89. The monoisotopic (exact) mass is 488 g/mol. The number of nitrogens with two attached hydrogens (primary N) is 1. The van der Waals surface area contributed by atoms with Gasteiger partial charge in [-0.2, -0.15) is 0 Å². The lowest BCUT2D eigenvalue weighted by molar-refractivity contribution is -0.123. The van der Waals surface area contributed by atoms with E-state index in [1.165, 1.54) is 6.08 Å². The number of hydrogen-bond donors (Lipinski definition) is 1. The highest BCUT2D eigenvalue weighted by molar-refractivity contribution is 8.18. The molecule has 0 atom stereocenters. The molecule has 0 aromatic heterocycles. The Hall–Kier alpha value is -2.97. The molecule has 3 rings (SSSR count). The first-order chi connectivity index (χ1) is 15.7. The van der Waals surface area contributed by atoms with Crippen LogP contribution in [0, 0.1) is 6.92 Å². The molecule has 0 radical (unpaired) electrons. The average Bonchev–Trinajstić information content (AvgIpc) is 3.00. The zero-order valence-corrected chi connectivity index (χ0v) is 20.2. The molecule has 1 fully saturated rings. The van der Waals surface area contributed by atoms with Crippen LogP contribution in [0.2, 0.25) is 5.02 Å². The van der Waals surface area contributed by atoms with Crippen molar-refractivity contribution < 1.29 is 23.9 Å². The van der Waals surface area contributed by atoms with Crippen molar-refractivity contribution in [3.8, 4) is 11.5 Å². The number of amides is 3. The average molecular weight is 489 g/mol. The van der Waals surface area contributed by atoms with Crippen LogP contribution in [0.3, 0.4) is 0 Å². The molecule has 9 heteroatoms. The highest BCUT2D eigenvalue weighted by Crippen LogP contribution is 2.35. The fourth-order valence-electron chi connectivity index (χ4n) is 3.24. The Bertz CT molecular complexity index is 1120. The van der Waals surface area contributed by atoms with E-state index in [9.17, 15) is 14.4 Å². The number of halogens is 1. The summed E-state index contributed by atoms with van der Waals surface area (Å²) in [5.74, 6) is 0.300. The quantitative estimate of drug-likeness (QED) is 0.511. The third-order valence-corrected chi connectivity index (χ3v) is 6.01. The lowest BCUT2D eigenvalue weighted by Crippen LogP contribution is -2.32. The Labute approximate surface area is 201 Å². The minimum absolute atomic E-state index is 0.119. The van der Waals surface area contributed by atoms with Crippen molar-refractivity contribution in [3.63, 3.8) is 0 Å². The van der Waals surface area contributed by atoms with Gasteiger partial charge in [0.05, 0.1) is 11.4 Å². The molecule has 7 nitrogen and oxygen atoms in total. The molecule has 2 aromatic carbocycles. The van der Waals surface area contributed by atoms with Gasteiger partial charge in [0.1, 0.15) is 18.1 Å². The number of rotatable bonds is 9. The molecule has 1 heterocycles. The molecule has 0 saturated carbocycles. The van der Waals surface area contributed by atoms with Gasteiger partial charge in [-0.3, -0.25) is 19.3 Å². The zero-order chi connectivity index (χ0) is 24.1. The van der Waals surface area contributed by atoms with E-state index in [0.717, 1.165) is 33.5 Å². The number of carbonyl (C=O) groups excluding carboxylic acids is 3. The Morgan fingerprint density at radius 2 is 1.91 bits per heavy atom. The summed E-state index contributed by atoms with van der Waals surface area (Å²) < 4.78 is 11.3. The van der Waals surface area contributed by atoms with Crippen molar-refractivity contribution in [1.29, 1.82) is 0 Å². The number of benzene rings is 2. The first kappa shape index (κ1) is 24.7. The van der Waals surface area contributed by atoms with Crippen molar-refractivity contribution in [2.75, 3.05) is 19.8 Å². The minimum atomic E-state index is -0.634. The van der Waals surface area contributed by atoms with E-state index in [1.807, 2.05) is 25.1 Å². The maximum Gasteiger partial charge on any atom is 0.293 e. The summed E-state index contributed by atoms with van der Waals surface area (Å²) in [5.41, 5.74) is 7.74. The van der Waals surface area contributed by atoms with Gasteiger partial charge in [0.2, 0.25) is 0 Å². The summed E-state index contributed by atoms with van der Waals surface area (Å²) in [7, 11) is 0. The van der Waals surface area contributed by atoms with E-state index in [1.54, 1.807) is 18.2 Å². The van der Waals surface area contributed by atoms with Crippen molar-refractivity contribution in [1.82, 2.24) is 4.90 Å². The van der Waals surface area contributed by atoms with E-state index in [4.69, 9.17) is 26.8 Å². The van der Waals surface area contributed by atoms with E-state index < -0.39 is 11.8 Å². The number of primary amides is 1. The van der Waals surface area contributed by atoms with Crippen LogP contribution in [-0.2, 0) is 9.59 Å². The molecule has 2 aromatic rings. The molecular formula is C24H25ClN2O5S. The minimum Gasteiger partial charge on any atom is -0.491 e. The summed E-state index contributed by atoms with van der Waals surface area (Å²) in [6.45, 7) is 6.12. The van der Waals surface area contributed by atoms with Crippen molar-refractivity contribution in [2.24, 2.45) is 5.73 Å². The van der Waals surface area contributed by atoms with Crippen molar-refractivity contribution in [2.45, 2.75) is 26.7 Å². The maximum atomic E-state index is 12.9. The van der Waals surface area contributed by atoms with Crippen LogP contribution in [0.1, 0.15) is 36.5 Å². The summed E-state index contributed by atoms with van der Waals surface area (Å²) in [6, 6.07) is 10.8. The second-order valence-corrected chi connectivity index (χ2v) is 9.24. The van der Waals surface area contributed by atoms with Crippen LogP contribution in [0.4, 0.5) is 4.79 Å². The standard InChI is InChI=1S/C24H25ClN2O5S/c1-14(2)18-6-4-15(3)10-20(18)31-9-8-27-23(29)21(33-24(27)30)12-16-11-17(25)5-7-19(16)32-13-22(26)28/h4-7,10-12,14H,8-9,13H2,1-3H3,(H2,26,28)/b21-12-. The summed E-state index contributed by atoms with van der Waals surface area (Å²) in [5, 5.41) is 0.0317. The van der Waals surface area contributed by atoms with Gasteiger partial charge in [-0.1, -0.05) is 37.6 Å². The molecule has 0 spiro atoms. The molecule has 1 aliphatic heterocycles. The molecule has 2 N–H and O–H groups in total. The lowest BCUT2D eigenvalue weighted by Gasteiger charge is -2.17. The first-order valence-electron chi connectivity index (χ1n) is 10.3. The van der Waals surface area contributed by atoms with Gasteiger partial charge < -0.3 is 15.2 Å². The molecule has 1 saturated heterocycles. The first-order valence-corrected chi connectivity index (χ1v) is 11.5. The zero-order valence-electron chi connectivity index (χ0n) is 18.6. The van der Waals surface area contributed by atoms with E-state index in [0.29, 0.717) is 16.3 Å². The summed E-state index contributed by atoms with van der Waals surface area (Å²) in [6.07, 6.45) is 1.52. The van der Waals surface area contributed by atoms with Gasteiger partial charge in [0.25, 0.3) is 17.1 Å². The van der Waals surface area contributed by atoms with Crippen molar-refractivity contribution in [3.05, 3.63) is 63.0 Å². The van der Waals surface area contributed by atoms with Crippen LogP contribution >= 0.6 is 23.4 Å². The van der Waals surface area contributed by atoms with Crippen LogP contribution in [0.25, 0.3) is 6.08 Å². The molecule has 0 aliphatic carbocycles. The number of carbonyl (C=O) groups is 3. The predicted molar refractivity (Wildman–Crippen MR) is 130 cm³/mol. The van der Waals surface area contributed by atoms with Gasteiger partial charge in [-0.25, -0.2) is 0 Å². The molecule has 33 heavy (non-hydrogen) atoms. The van der Waals surface area contributed by atoms with E-state index in [2.05, 4.69) is 13.8 Å². The highest BCUT2D eigenvalue weighted by atomic mass is 35.5. The number of nitrogens with zero attached hydrogens (tertiary/aromatic N) is 1. The number of imide groups is 1. The third kappa shape index (κ3) is 6.30. The smallest absolute Gasteiger partial charge is 0.293 e. The van der Waals surface area contributed by atoms with Gasteiger partial charge in [-0.15, -0.1) is 0 Å². The SMILES string of the molecule is Cc1ccc(C(C)C)c(OCCN2C(=O)S/C(=C\c3cc(Cl)ccc3OCC(N)=O)C2=O)c1. The van der Waals surface area contributed by atoms with Gasteiger partial charge in [0, 0.05) is 10.6 Å². The normalized spacial score (nSPS) is 14.9. The van der Waals surface area contributed by atoms with Crippen LogP contribution < -0.4 is 15.2 Å². The number of ether oxygens (including phenoxy) is 2. The van der Waals surface area contributed by atoms with Gasteiger partial charge in [0.15, 0.2) is 6.61 Å². The summed E-state index contributed by atoms with van der Waals surface area (Å²) in [4.78, 5) is 37.8. The Balaban J connectivity index is 1.72. The topological polar surface area (TPSA) is 98.9 Å². The highest BCUT2D eigenvalue weighted by Gasteiger charge is 2.35. The van der Waals surface area contributed by atoms with E-state index >= 15 is 0 Å². The van der Waals surface area contributed by atoms with Gasteiger partial charge >= 0.3 is 0 Å². The van der Waals surface area contributed by atoms with Crippen LogP contribution in [-0.4, -0.2) is 41.7 Å². The van der Waals surface area contributed by atoms with Crippen molar-refractivity contribution >= 4 is 46.5 Å². The number of aryl methyl sites for hydroxylation is 1. The Morgan fingerprint density at radius 3 is 2.61 bits per heavy atom. The second-order valence-electron chi connectivity index (χ2n) is 7.81. The van der Waals surface area contributed by atoms with Crippen LogP contribution in [0.5, 0.6) is 11.5 Å². The van der Waals surface area contributed by atoms with Crippen LogP contribution in [0.15, 0.2) is 41.3 Å². The van der Waals surface area contributed by atoms with E-state index in [-0.39, 0.29) is 35.8 Å². The third-order valence-electron chi connectivity index (χ3n) is 4.87. The molecule has 174 valence electrons. The fraction of sp³-hybridized carbons (Fsp3) is 0.292. The molecule has 3 amide bonds. The molecule has 0 unspecified atom stereocenters. The van der Waals surface area contributed by atoms with Gasteiger partial charge in [-0.05, 0) is 66.1 Å². The lowest BCUT2D eigenvalue weighted by atomic mass is 10.0.